The van der Waals surface area contributed by atoms with Crippen molar-refractivity contribution in [2.24, 2.45) is 0 Å². The van der Waals surface area contributed by atoms with E-state index in [1.807, 2.05) is 0 Å². The number of hydrogen-bond donors (Lipinski definition) is 4. The average molecular weight is 599 g/mol. The van der Waals surface area contributed by atoms with Gasteiger partial charge in [-0.1, -0.05) is 154 Å². The van der Waals surface area contributed by atoms with E-state index in [1.165, 1.54) is 89.9 Å². The third-order valence-electron chi connectivity index (χ3n) is 8.39. The lowest BCUT2D eigenvalue weighted by Crippen LogP contribution is -2.32. The van der Waals surface area contributed by atoms with Gasteiger partial charge in [0.2, 0.25) is 0 Å². The van der Waals surface area contributed by atoms with E-state index in [-0.39, 0.29) is 0 Å². The molecular weight excluding hydrogens is 532 g/mol. The Hall–Kier alpha value is -1.47. The topological polar surface area (TPSA) is 132 Å². The van der Waals surface area contributed by atoms with Gasteiger partial charge in [-0.3, -0.25) is 14.4 Å². The molecule has 7 nitrogen and oxygen atoms in total. The molecule has 0 radical (unpaired) electrons. The Labute approximate surface area is 257 Å². The molecule has 0 aromatic heterocycles. The molecule has 0 fully saturated rings. The molecule has 7 heteroatoms. The Morgan fingerprint density at radius 1 is 0.333 bits per heavy atom. The molecule has 0 saturated carbocycles. The van der Waals surface area contributed by atoms with Crippen molar-refractivity contribution < 1.29 is 34.8 Å². The monoisotopic (exact) mass is 598 g/mol. The second-order valence-corrected chi connectivity index (χ2v) is 12.5. The lowest BCUT2D eigenvalue weighted by atomic mass is 9.98. The van der Waals surface area contributed by atoms with Crippen molar-refractivity contribution in [2.45, 2.75) is 205 Å². The molecule has 2 unspecified atom stereocenters. The van der Waals surface area contributed by atoms with Crippen LogP contribution in [0.4, 0.5) is 0 Å². The normalized spacial score (nSPS) is 12.8. The summed E-state index contributed by atoms with van der Waals surface area (Å²) in [6.07, 6.45) is 28.6. The molecule has 4 N–H and O–H groups in total. The van der Waals surface area contributed by atoms with Crippen LogP contribution in [0.25, 0.3) is 0 Å². The summed E-state index contributed by atoms with van der Waals surface area (Å²) >= 11 is 0. The lowest BCUT2D eigenvalue weighted by Gasteiger charge is -2.14. The highest BCUT2D eigenvalue weighted by molar-refractivity contribution is 5.86. The van der Waals surface area contributed by atoms with Crippen LogP contribution >= 0.6 is 0 Å². The van der Waals surface area contributed by atoms with Crippen LogP contribution in [0.15, 0.2) is 0 Å². The zero-order chi connectivity index (χ0) is 31.1. The van der Waals surface area contributed by atoms with Gasteiger partial charge in [0.1, 0.15) is 12.2 Å². The first-order chi connectivity index (χ1) is 20.3. The number of carboxylic acid groups (broad SMARTS) is 2. The van der Waals surface area contributed by atoms with Crippen molar-refractivity contribution in [1.82, 2.24) is 0 Å². The molecule has 0 aromatic carbocycles. The number of ketones is 1. The third kappa shape index (κ3) is 30.0. The van der Waals surface area contributed by atoms with Crippen molar-refractivity contribution in [3.05, 3.63) is 0 Å². The minimum atomic E-state index is -1.03. The summed E-state index contributed by atoms with van der Waals surface area (Å²) in [5.41, 5.74) is 0. The molecule has 0 saturated heterocycles. The highest BCUT2D eigenvalue weighted by Crippen LogP contribution is 2.16. The first-order valence-electron chi connectivity index (χ1n) is 17.7. The number of carbonyl (C=O) groups excluding carboxylic acids is 1. The highest BCUT2D eigenvalue weighted by atomic mass is 16.4. The third-order valence-corrected chi connectivity index (χ3v) is 8.39. The van der Waals surface area contributed by atoms with Gasteiger partial charge >= 0.3 is 11.9 Å². The molecule has 0 aromatic rings. The van der Waals surface area contributed by atoms with Crippen LogP contribution in [0.3, 0.4) is 0 Å². The Bertz CT molecular complexity index is 585. The second kappa shape index (κ2) is 31.0. The molecule has 2 atom stereocenters. The van der Waals surface area contributed by atoms with Gasteiger partial charge < -0.3 is 20.4 Å². The van der Waals surface area contributed by atoms with E-state index in [0.29, 0.717) is 25.7 Å². The van der Waals surface area contributed by atoms with E-state index < -0.39 is 29.9 Å². The van der Waals surface area contributed by atoms with Crippen molar-refractivity contribution in [1.29, 1.82) is 0 Å². The Morgan fingerprint density at radius 2 is 0.524 bits per heavy atom. The molecule has 0 aliphatic heterocycles. The van der Waals surface area contributed by atoms with Crippen molar-refractivity contribution in [2.75, 3.05) is 0 Å². The number of unbranched alkanes of at least 4 members (excludes halogenated alkanes) is 24. The van der Waals surface area contributed by atoms with E-state index in [4.69, 9.17) is 10.2 Å². The fraction of sp³-hybridized carbons (Fsp3) is 0.914. The van der Waals surface area contributed by atoms with Crippen LogP contribution in [0, 0.1) is 0 Å². The fourth-order valence-electron chi connectivity index (χ4n) is 5.62. The minimum Gasteiger partial charge on any atom is -0.481 e. The number of hydrogen-bond acceptors (Lipinski definition) is 5. The number of aliphatic hydroxyl groups is 2. The van der Waals surface area contributed by atoms with Gasteiger partial charge in [0.25, 0.3) is 0 Å². The largest absolute Gasteiger partial charge is 0.481 e. The minimum absolute atomic E-state index is 0.294. The number of carboxylic acids is 2. The van der Waals surface area contributed by atoms with E-state index in [1.54, 1.807) is 0 Å². The zero-order valence-electron chi connectivity index (χ0n) is 26.9. The summed E-state index contributed by atoms with van der Waals surface area (Å²) in [5, 5.41) is 37.6. The summed E-state index contributed by atoms with van der Waals surface area (Å²) in [4.78, 5) is 33.2. The van der Waals surface area contributed by atoms with Gasteiger partial charge in [0.05, 0.1) is 0 Å². The molecular formula is C35H66O7. The first kappa shape index (κ1) is 40.5. The summed E-state index contributed by atoms with van der Waals surface area (Å²) < 4.78 is 0. The summed E-state index contributed by atoms with van der Waals surface area (Å²) in [7, 11) is 0. The molecule has 248 valence electrons. The standard InChI is InChI=1S/C35H66O7/c36-31(27-23-19-15-11-7-3-1-5-9-13-17-21-25-29-33(38)39)35(42)32(37)28-24-20-16-12-8-4-2-6-10-14-18-22-26-30-34(40)41/h31-32,36-37H,1-30H2,(H,38,39)(H,40,41). The second-order valence-electron chi connectivity index (χ2n) is 12.5. The van der Waals surface area contributed by atoms with Crippen LogP contribution in [-0.4, -0.2) is 50.4 Å². The molecule has 42 heavy (non-hydrogen) atoms. The average Bonchev–Trinajstić information content (AvgIpc) is 2.96. The molecule has 0 aliphatic carbocycles. The summed E-state index contributed by atoms with van der Waals surface area (Å²) in [6, 6.07) is 0. The summed E-state index contributed by atoms with van der Waals surface area (Å²) in [6.45, 7) is 0. The first-order valence-corrected chi connectivity index (χ1v) is 17.7. The maximum atomic E-state index is 12.3. The maximum Gasteiger partial charge on any atom is 0.303 e. The Kier molecular flexibility index (Phi) is 29.9. The van der Waals surface area contributed by atoms with Crippen LogP contribution in [-0.2, 0) is 14.4 Å². The molecule has 0 rings (SSSR count). The van der Waals surface area contributed by atoms with Crippen LogP contribution < -0.4 is 0 Å². The predicted octanol–water partition coefficient (Wildman–Crippen LogP) is 9.15. The number of rotatable bonds is 34. The van der Waals surface area contributed by atoms with E-state index >= 15 is 0 Å². The van der Waals surface area contributed by atoms with E-state index in [9.17, 15) is 24.6 Å². The van der Waals surface area contributed by atoms with Gasteiger partial charge in [0.15, 0.2) is 5.78 Å². The lowest BCUT2D eigenvalue weighted by molar-refractivity contribution is -0.138. The van der Waals surface area contributed by atoms with Crippen LogP contribution in [0.2, 0.25) is 0 Å². The number of carbonyl (C=O) groups is 3. The fourth-order valence-corrected chi connectivity index (χ4v) is 5.62. The quantitative estimate of drug-likeness (QED) is 0.0543. The van der Waals surface area contributed by atoms with Crippen molar-refractivity contribution >= 4 is 17.7 Å². The maximum absolute atomic E-state index is 12.3. The molecule has 0 amide bonds. The van der Waals surface area contributed by atoms with Gasteiger partial charge in [-0.05, 0) is 25.7 Å². The number of Topliss-reactive ketones (excluding diaryl/α,β-unsaturated/α-hetero) is 1. The predicted molar refractivity (Wildman–Crippen MR) is 171 cm³/mol. The van der Waals surface area contributed by atoms with Crippen LogP contribution in [0.5, 0.6) is 0 Å². The van der Waals surface area contributed by atoms with Gasteiger partial charge in [-0.25, -0.2) is 0 Å². The number of aliphatic hydroxyl groups excluding tert-OH is 2. The van der Waals surface area contributed by atoms with Gasteiger partial charge in [-0.2, -0.15) is 0 Å². The SMILES string of the molecule is O=C(O)CCCCCCCCCCCCCCCC(O)C(=O)C(O)CCCCCCCCCCCCCCCC(=O)O. The van der Waals surface area contributed by atoms with E-state index in [0.717, 1.165) is 77.0 Å². The highest BCUT2D eigenvalue weighted by Gasteiger charge is 2.22. The molecule has 0 aliphatic rings. The smallest absolute Gasteiger partial charge is 0.303 e. The Morgan fingerprint density at radius 3 is 0.738 bits per heavy atom. The molecule has 0 bridgehead atoms. The Balaban J connectivity index is 3.42. The van der Waals surface area contributed by atoms with Gasteiger partial charge in [0, 0.05) is 12.8 Å². The van der Waals surface area contributed by atoms with Crippen molar-refractivity contribution in [3.8, 4) is 0 Å². The number of aliphatic carboxylic acids is 2. The zero-order valence-corrected chi connectivity index (χ0v) is 26.9. The van der Waals surface area contributed by atoms with Crippen LogP contribution in [0.1, 0.15) is 193 Å². The van der Waals surface area contributed by atoms with Crippen molar-refractivity contribution in [3.63, 3.8) is 0 Å². The van der Waals surface area contributed by atoms with E-state index in [2.05, 4.69) is 0 Å². The molecule has 0 heterocycles. The van der Waals surface area contributed by atoms with Gasteiger partial charge in [-0.15, -0.1) is 0 Å². The summed E-state index contributed by atoms with van der Waals surface area (Å²) in [5.74, 6) is -1.79. The molecule has 0 spiro atoms.